The second-order valence-electron chi connectivity index (χ2n) is 6.21. The summed E-state index contributed by atoms with van der Waals surface area (Å²) in [6.07, 6.45) is 2.07. The average Bonchev–Trinajstić information content (AvgIpc) is 3.32. The molecule has 9 heteroatoms. The van der Waals surface area contributed by atoms with Gasteiger partial charge in [-0.15, -0.1) is 10.2 Å². The average molecular weight is 378 g/mol. The van der Waals surface area contributed by atoms with Gasteiger partial charge < -0.3 is 14.6 Å². The zero-order valence-electron chi connectivity index (χ0n) is 15.4. The van der Waals surface area contributed by atoms with E-state index in [1.165, 1.54) is 0 Å². The first-order chi connectivity index (χ1) is 13.6. The lowest BCUT2D eigenvalue weighted by molar-refractivity contribution is -0.120. The number of carbonyl (C=O) groups is 1. The molecule has 3 heterocycles. The van der Waals surface area contributed by atoms with E-state index in [0.29, 0.717) is 23.2 Å². The predicted octanol–water partition coefficient (Wildman–Crippen LogP) is 1.96. The summed E-state index contributed by atoms with van der Waals surface area (Å²) in [6, 6.07) is 11.1. The van der Waals surface area contributed by atoms with Crippen LogP contribution in [0.3, 0.4) is 0 Å². The molecule has 0 aliphatic rings. The molecule has 3 aromatic heterocycles. The van der Waals surface area contributed by atoms with Crippen LogP contribution in [0, 0.1) is 6.92 Å². The van der Waals surface area contributed by atoms with E-state index < -0.39 is 0 Å². The summed E-state index contributed by atoms with van der Waals surface area (Å²) in [5, 5.41) is 15.0. The quantitative estimate of drug-likeness (QED) is 0.546. The lowest BCUT2D eigenvalue weighted by Crippen LogP contribution is -2.25. The molecule has 1 amide bonds. The number of nitrogens with zero attached hydrogens (tertiary/aromatic N) is 5. The first kappa shape index (κ1) is 17.7. The molecular formula is C19H18N6O3. The number of ether oxygens (including phenoxy) is 1. The SMILES string of the molecule is COc1cccc(CC(=O)NCc2nnc3cc(-c4nc(C)no4)ccn23)c1. The number of benzene rings is 1. The third kappa shape index (κ3) is 3.68. The summed E-state index contributed by atoms with van der Waals surface area (Å²) in [4.78, 5) is 16.5. The highest BCUT2D eigenvalue weighted by molar-refractivity contribution is 5.78. The van der Waals surface area contributed by atoms with E-state index in [0.717, 1.165) is 16.9 Å². The summed E-state index contributed by atoms with van der Waals surface area (Å²) < 4.78 is 12.2. The van der Waals surface area contributed by atoms with Crippen molar-refractivity contribution in [3.8, 4) is 17.2 Å². The van der Waals surface area contributed by atoms with Gasteiger partial charge in [0.05, 0.1) is 20.1 Å². The lowest BCUT2D eigenvalue weighted by Gasteiger charge is -2.06. The summed E-state index contributed by atoms with van der Waals surface area (Å²) in [7, 11) is 1.60. The Kier molecular flexibility index (Phi) is 4.71. The van der Waals surface area contributed by atoms with Crippen LogP contribution in [0.5, 0.6) is 5.75 Å². The molecule has 0 fully saturated rings. The van der Waals surface area contributed by atoms with Crippen LogP contribution in [0.1, 0.15) is 17.2 Å². The Labute approximate surface area is 160 Å². The summed E-state index contributed by atoms with van der Waals surface area (Å²) in [5.74, 6) is 2.23. The number of nitrogens with one attached hydrogen (secondary N) is 1. The number of aryl methyl sites for hydroxylation is 1. The predicted molar refractivity (Wildman–Crippen MR) is 99.6 cm³/mol. The molecule has 0 unspecified atom stereocenters. The van der Waals surface area contributed by atoms with E-state index >= 15 is 0 Å². The highest BCUT2D eigenvalue weighted by Gasteiger charge is 2.12. The van der Waals surface area contributed by atoms with Gasteiger partial charge in [0.15, 0.2) is 17.3 Å². The normalized spacial score (nSPS) is 10.9. The number of aromatic nitrogens is 5. The Balaban J connectivity index is 1.44. The minimum atomic E-state index is -0.108. The van der Waals surface area contributed by atoms with Crippen molar-refractivity contribution in [1.82, 2.24) is 30.1 Å². The lowest BCUT2D eigenvalue weighted by atomic mass is 10.1. The minimum absolute atomic E-state index is 0.108. The molecule has 0 spiro atoms. The number of hydrogen-bond acceptors (Lipinski definition) is 7. The van der Waals surface area contributed by atoms with Crippen LogP contribution in [0.4, 0.5) is 0 Å². The van der Waals surface area contributed by atoms with Crippen molar-refractivity contribution in [2.24, 2.45) is 0 Å². The maximum atomic E-state index is 12.2. The van der Waals surface area contributed by atoms with Crippen LogP contribution in [0.15, 0.2) is 47.1 Å². The Morgan fingerprint density at radius 1 is 1.25 bits per heavy atom. The second kappa shape index (κ2) is 7.47. The number of pyridine rings is 1. The Morgan fingerprint density at radius 2 is 2.14 bits per heavy atom. The standard InChI is InChI=1S/C19H18N6O3/c1-12-21-19(28-24-12)14-6-7-25-16(10-14)22-23-17(25)11-20-18(26)9-13-4-3-5-15(8-13)27-2/h3-8,10H,9,11H2,1-2H3,(H,20,26). The summed E-state index contributed by atoms with van der Waals surface area (Å²) in [5.41, 5.74) is 2.27. The zero-order valence-corrected chi connectivity index (χ0v) is 15.4. The first-order valence-corrected chi connectivity index (χ1v) is 8.66. The summed E-state index contributed by atoms with van der Waals surface area (Å²) in [6.45, 7) is 2.03. The number of hydrogen-bond donors (Lipinski definition) is 1. The zero-order chi connectivity index (χ0) is 19.5. The van der Waals surface area contributed by atoms with Crippen molar-refractivity contribution in [1.29, 1.82) is 0 Å². The Morgan fingerprint density at radius 3 is 2.93 bits per heavy atom. The van der Waals surface area contributed by atoms with Crippen molar-refractivity contribution in [3.63, 3.8) is 0 Å². The third-order valence-corrected chi connectivity index (χ3v) is 4.20. The van der Waals surface area contributed by atoms with Gasteiger partial charge in [-0.2, -0.15) is 4.98 Å². The van der Waals surface area contributed by atoms with Crippen LogP contribution in [0.25, 0.3) is 17.1 Å². The summed E-state index contributed by atoms with van der Waals surface area (Å²) >= 11 is 0. The number of amides is 1. The fourth-order valence-electron chi connectivity index (χ4n) is 2.82. The van der Waals surface area contributed by atoms with Crippen molar-refractivity contribution < 1.29 is 14.1 Å². The maximum absolute atomic E-state index is 12.2. The second-order valence-corrected chi connectivity index (χ2v) is 6.21. The first-order valence-electron chi connectivity index (χ1n) is 8.66. The fraction of sp³-hybridized carbons (Fsp3) is 0.211. The van der Waals surface area contributed by atoms with E-state index in [2.05, 4.69) is 25.7 Å². The van der Waals surface area contributed by atoms with Crippen LogP contribution in [-0.2, 0) is 17.8 Å². The largest absolute Gasteiger partial charge is 0.497 e. The van der Waals surface area contributed by atoms with Crippen LogP contribution in [0.2, 0.25) is 0 Å². The molecule has 0 atom stereocenters. The molecule has 4 aromatic rings. The Bertz CT molecular complexity index is 1130. The van der Waals surface area contributed by atoms with Gasteiger partial charge in [-0.1, -0.05) is 17.3 Å². The fourth-order valence-corrected chi connectivity index (χ4v) is 2.82. The third-order valence-electron chi connectivity index (χ3n) is 4.20. The van der Waals surface area contributed by atoms with E-state index in [1.807, 2.05) is 42.6 Å². The van der Waals surface area contributed by atoms with Gasteiger partial charge in [-0.25, -0.2) is 0 Å². The maximum Gasteiger partial charge on any atom is 0.258 e. The molecule has 1 aromatic carbocycles. The molecule has 9 nitrogen and oxygen atoms in total. The highest BCUT2D eigenvalue weighted by atomic mass is 16.5. The van der Waals surface area contributed by atoms with Crippen molar-refractivity contribution in [2.75, 3.05) is 7.11 Å². The van der Waals surface area contributed by atoms with E-state index in [9.17, 15) is 4.79 Å². The minimum Gasteiger partial charge on any atom is -0.497 e. The van der Waals surface area contributed by atoms with Gasteiger partial charge in [0.25, 0.3) is 5.89 Å². The van der Waals surface area contributed by atoms with Crippen LogP contribution < -0.4 is 10.1 Å². The molecule has 0 aliphatic heterocycles. The number of rotatable bonds is 6. The molecule has 4 rings (SSSR count). The molecule has 0 aliphatic carbocycles. The van der Waals surface area contributed by atoms with Crippen molar-refractivity contribution >= 4 is 11.6 Å². The van der Waals surface area contributed by atoms with Crippen LogP contribution >= 0.6 is 0 Å². The molecule has 0 radical (unpaired) electrons. The van der Waals surface area contributed by atoms with Gasteiger partial charge in [0.2, 0.25) is 5.91 Å². The van der Waals surface area contributed by atoms with E-state index in [1.54, 1.807) is 18.4 Å². The van der Waals surface area contributed by atoms with Gasteiger partial charge in [-0.05, 0) is 36.8 Å². The van der Waals surface area contributed by atoms with Gasteiger partial charge in [0.1, 0.15) is 5.75 Å². The molecule has 0 saturated heterocycles. The number of methoxy groups -OCH3 is 1. The van der Waals surface area contributed by atoms with Gasteiger partial charge >= 0.3 is 0 Å². The Hall–Kier alpha value is -3.75. The number of carbonyl (C=O) groups excluding carboxylic acids is 1. The highest BCUT2D eigenvalue weighted by Crippen LogP contribution is 2.19. The monoisotopic (exact) mass is 378 g/mol. The van der Waals surface area contributed by atoms with E-state index in [-0.39, 0.29) is 18.9 Å². The molecule has 28 heavy (non-hydrogen) atoms. The molecular weight excluding hydrogens is 360 g/mol. The molecule has 0 saturated carbocycles. The van der Waals surface area contributed by atoms with Crippen molar-refractivity contribution in [3.05, 3.63) is 59.8 Å². The molecule has 0 bridgehead atoms. The topological polar surface area (TPSA) is 107 Å². The van der Waals surface area contributed by atoms with Gasteiger partial charge in [-0.3, -0.25) is 9.20 Å². The molecule has 1 N–H and O–H groups in total. The van der Waals surface area contributed by atoms with E-state index in [4.69, 9.17) is 9.26 Å². The number of fused-ring (bicyclic) bond motifs is 1. The van der Waals surface area contributed by atoms with Crippen molar-refractivity contribution in [2.45, 2.75) is 19.9 Å². The molecule has 142 valence electrons. The van der Waals surface area contributed by atoms with Gasteiger partial charge in [0, 0.05) is 11.8 Å². The smallest absolute Gasteiger partial charge is 0.258 e. The van der Waals surface area contributed by atoms with Crippen LogP contribution in [-0.4, -0.2) is 37.8 Å².